The number of hydrogen-bond acceptors (Lipinski definition) is 6. The van der Waals surface area contributed by atoms with Crippen LogP contribution in [-0.4, -0.2) is 38.9 Å². The van der Waals surface area contributed by atoms with Crippen molar-refractivity contribution in [2.24, 2.45) is 5.92 Å². The van der Waals surface area contributed by atoms with Crippen LogP contribution in [0.4, 0.5) is 11.6 Å². The van der Waals surface area contributed by atoms with Crippen LogP contribution in [0.2, 0.25) is 5.02 Å². The van der Waals surface area contributed by atoms with Crippen LogP contribution in [-0.2, 0) is 11.2 Å². The topological polar surface area (TPSA) is 104 Å². The number of nitrogens with one attached hydrogen (secondary N) is 2. The van der Waals surface area contributed by atoms with Crippen LogP contribution in [0.25, 0.3) is 11.4 Å². The van der Waals surface area contributed by atoms with Crippen molar-refractivity contribution in [3.8, 4) is 11.4 Å². The lowest BCUT2D eigenvalue weighted by atomic mass is 9.97. The number of carbonyl (C=O) groups is 1. The van der Waals surface area contributed by atoms with Crippen molar-refractivity contribution in [3.05, 3.63) is 63.8 Å². The van der Waals surface area contributed by atoms with E-state index < -0.39 is 0 Å². The van der Waals surface area contributed by atoms with E-state index in [9.17, 15) is 9.59 Å². The summed E-state index contributed by atoms with van der Waals surface area (Å²) in [5.41, 5.74) is 1.31. The van der Waals surface area contributed by atoms with Crippen molar-refractivity contribution >= 4 is 29.1 Å². The third kappa shape index (κ3) is 5.08. The summed E-state index contributed by atoms with van der Waals surface area (Å²) in [6.07, 6.45) is 5.60. The highest BCUT2D eigenvalue weighted by Gasteiger charge is 2.27. The first kappa shape index (κ1) is 21.0. The van der Waals surface area contributed by atoms with Crippen LogP contribution in [0.3, 0.4) is 0 Å². The van der Waals surface area contributed by atoms with Gasteiger partial charge in [0.1, 0.15) is 17.5 Å². The molecule has 3 aromatic rings. The lowest BCUT2D eigenvalue weighted by molar-refractivity contribution is -0.120. The van der Waals surface area contributed by atoms with Crippen molar-refractivity contribution in [1.29, 1.82) is 0 Å². The monoisotopic (exact) mass is 438 g/mol. The summed E-state index contributed by atoms with van der Waals surface area (Å²) in [5.74, 6) is 1.57. The second kappa shape index (κ2) is 9.26. The van der Waals surface area contributed by atoms with Gasteiger partial charge in [-0.05, 0) is 43.5 Å². The molecular formula is C22H23ClN6O2. The van der Waals surface area contributed by atoms with Crippen LogP contribution in [0.1, 0.15) is 25.5 Å². The summed E-state index contributed by atoms with van der Waals surface area (Å²) in [5, 5.41) is 3.38. The number of anilines is 2. The third-order valence-electron chi connectivity index (χ3n) is 5.27. The van der Waals surface area contributed by atoms with Crippen molar-refractivity contribution in [1.82, 2.24) is 19.9 Å². The Labute approximate surface area is 184 Å². The molecule has 4 rings (SSSR count). The fraction of sp³-hybridized carbons (Fsp3) is 0.318. The number of aryl methyl sites for hydroxylation is 1. The average Bonchev–Trinajstić information content (AvgIpc) is 2.80. The van der Waals surface area contributed by atoms with Crippen LogP contribution in [0.15, 0.2) is 47.5 Å². The number of rotatable bonds is 5. The first-order valence-corrected chi connectivity index (χ1v) is 10.6. The highest BCUT2D eigenvalue weighted by atomic mass is 35.5. The second-order valence-corrected chi connectivity index (χ2v) is 7.92. The van der Waals surface area contributed by atoms with Gasteiger partial charge in [0, 0.05) is 42.8 Å². The molecule has 1 saturated heterocycles. The maximum Gasteiger partial charge on any atom is 0.251 e. The zero-order valence-electron chi connectivity index (χ0n) is 17.1. The molecule has 3 aromatic heterocycles. The van der Waals surface area contributed by atoms with Gasteiger partial charge in [-0.25, -0.2) is 15.0 Å². The molecule has 0 saturated carbocycles. The zero-order chi connectivity index (χ0) is 21.8. The molecule has 0 spiro atoms. The Morgan fingerprint density at radius 1 is 1.26 bits per heavy atom. The van der Waals surface area contributed by atoms with Crippen molar-refractivity contribution in [2.45, 2.75) is 26.2 Å². The van der Waals surface area contributed by atoms with E-state index in [-0.39, 0.29) is 17.4 Å². The van der Waals surface area contributed by atoms with E-state index in [1.54, 1.807) is 18.3 Å². The van der Waals surface area contributed by atoms with Gasteiger partial charge in [-0.15, -0.1) is 0 Å². The number of halogens is 1. The van der Waals surface area contributed by atoms with E-state index in [0.717, 1.165) is 36.5 Å². The lowest BCUT2D eigenvalue weighted by Crippen LogP contribution is -2.41. The number of carbonyl (C=O) groups excluding carboxylic acids is 1. The average molecular weight is 439 g/mol. The molecule has 31 heavy (non-hydrogen) atoms. The molecule has 1 aliphatic heterocycles. The SMILES string of the molecule is CCc1cc(=O)[nH]c(-c2ccc(N3CCCC(C(=O)Nc4ccc(Cl)cn4)C3)nc2)n1. The number of pyridine rings is 2. The molecule has 0 aromatic carbocycles. The van der Waals surface area contributed by atoms with E-state index in [4.69, 9.17) is 11.6 Å². The molecular weight excluding hydrogens is 416 g/mol. The minimum absolute atomic E-state index is 0.0608. The van der Waals surface area contributed by atoms with Crippen LogP contribution < -0.4 is 15.8 Å². The maximum atomic E-state index is 12.7. The van der Waals surface area contributed by atoms with E-state index >= 15 is 0 Å². The highest BCUT2D eigenvalue weighted by molar-refractivity contribution is 6.30. The molecule has 1 fully saturated rings. The molecule has 160 valence electrons. The summed E-state index contributed by atoms with van der Waals surface area (Å²) in [6, 6.07) is 8.67. The van der Waals surface area contributed by atoms with Gasteiger partial charge in [0.2, 0.25) is 5.91 Å². The summed E-state index contributed by atoms with van der Waals surface area (Å²) < 4.78 is 0. The molecule has 4 heterocycles. The molecule has 8 nitrogen and oxygen atoms in total. The van der Waals surface area contributed by atoms with Crippen LogP contribution in [0, 0.1) is 5.92 Å². The van der Waals surface area contributed by atoms with Gasteiger partial charge in [0.25, 0.3) is 5.56 Å². The number of aromatic amines is 1. The summed E-state index contributed by atoms with van der Waals surface area (Å²) >= 11 is 5.85. The Balaban J connectivity index is 1.44. The van der Waals surface area contributed by atoms with Crippen molar-refractivity contribution in [3.63, 3.8) is 0 Å². The Hall–Kier alpha value is -3.26. The molecule has 1 atom stereocenters. The Kier molecular flexibility index (Phi) is 6.27. The molecule has 1 unspecified atom stereocenters. The molecule has 0 bridgehead atoms. The van der Waals surface area contributed by atoms with Crippen molar-refractivity contribution < 1.29 is 4.79 Å². The molecule has 2 N–H and O–H groups in total. The number of H-pyrrole nitrogens is 1. The Morgan fingerprint density at radius 3 is 2.84 bits per heavy atom. The number of piperidine rings is 1. The van der Waals surface area contributed by atoms with Gasteiger partial charge < -0.3 is 15.2 Å². The quantitative estimate of drug-likeness (QED) is 0.633. The normalized spacial score (nSPS) is 16.2. The van der Waals surface area contributed by atoms with E-state index in [1.165, 1.54) is 12.3 Å². The number of amides is 1. The maximum absolute atomic E-state index is 12.7. The minimum atomic E-state index is -0.175. The van der Waals surface area contributed by atoms with Crippen LogP contribution in [0.5, 0.6) is 0 Å². The zero-order valence-corrected chi connectivity index (χ0v) is 17.9. The molecule has 1 amide bonds. The standard InChI is InChI=1S/C22H23ClN6O2/c1-2-17-10-20(30)28-21(26-17)14-5-8-19(25-11-14)29-9-3-4-15(13-29)22(31)27-18-7-6-16(23)12-24-18/h5-8,10-12,15H,2-4,9,13H2,1H3,(H,24,27,31)(H,26,28,30). The molecule has 0 aliphatic carbocycles. The van der Waals surface area contributed by atoms with Gasteiger partial charge in [-0.3, -0.25) is 9.59 Å². The first-order chi connectivity index (χ1) is 15.0. The first-order valence-electron chi connectivity index (χ1n) is 10.3. The summed E-state index contributed by atoms with van der Waals surface area (Å²) in [7, 11) is 0. The van der Waals surface area contributed by atoms with E-state index in [1.807, 2.05) is 19.1 Å². The van der Waals surface area contributed by atoms with Gasteiger partial charge in [0.05, 0.1) is 10.9 Å². The smallest absolute Gasteiger partial charge is 0.251 e. The van der Waals surface area contributed by atoms with Gasteiger partial charge in [-0.2, -0.15) is 0 Å². The fourth-order valence-electron chi connectivity index (χ4n) is 3.62. The highest BCUT2D eigenvalue weighted by Crippen LogP contribution is 2.24. The van der Waals surface area contributed by atoms with E-state index in [2.05, 4.69) is 30.2 Å². The van der Waals surface area contributed by atoms with Crippen molar-refractivity contribution in [2.75, 3.05) is 23.3 Å². The predicted octanol–water partition coefficient (Wildman–Crippen LogP) is 3.30. The number of aromatic nitrogens is 4. The molecule has 1 aliphatic rings. The van der Waals surface area contributed by atoms with Gasteiger partial charge in [-0.1, -0.05) is 18.5 Å². The molecule has 9 heteroatoms. The van der Waals surface area contributed by atoms with Crippen LogP contribution >= 0.6 is 11.6 Å². The third-order valence-corrected chi connectivity index (χ3v) is 5.50. The molecule has 0 radical (unpaired) electrons. The minimum Gasteiger partial charge on any atom is -0.356 e. The summed E-state index contributed by atoms with van der Waals surface area (Å²) in [6.45, 7) is 3.36. The second-order valence-electron chi connectivity index (χ2n) is 7.48. The Morgan fingerprint density at radius 2 is 2.13 bits per heavy atom. The number of hydrogen-bond donors (Lipinski definition) is 2. The number of nitrogens with zero attached hydrogens (tertiary/aromatic N) is 4. The van der Waals surface area contributed by atoms with Gasteiger partial charge in [0.15, 0.2) is 0 Å². The summed E-state index contributed by atoms with van der Waals surface area (Å²) in [4.78, 5) is 42.5. The fourth-order valence-corrected chi connectivity index (χ4v) is 3.73. The predicted molar refractivity (Wildman–Crippen MR) is 120 cm³/mol. The van der Waals surface area contributed by atoms with Gasteiger partial charge >= 0.3 is 0 Å². The lowest BCUT2D eigenvalue weighted by Gasteiger charge is -2.32. The Bertz CT molecular complexity index is 1110. The van der Waals surface area contributed by atoms with E-state index in [0.29, 0.717) is 29.6 Å². The largest absolute Gasteiger partial charge is 0.356 e.